The van der Waals surface area contributed by atoms with Crippen molar-refractivity contribution in [1.82, 2.24) is 15.2 Å². The largest absolute Gasteiger partial charge is 0.320 e. The second-order valence-corrected chi connectivity index (χ2v) is 5.03. The molecule has 0 saturated heterocycles. The zero-order valence-electron chi connectivity index (χ0n) is 12.2. The summed E-state index contributed by atoms with van der Waals surface area (Å²) in [4.78, 5) is 28.3. The first-order valence-corrected chi connectivity index (χ1v) is 6.77. The van der Waals surface area contributed by atoms with E-state index in [4.69, 9.17) is 0 Å². The number of anilines is 1. The van der Waals surface area contributed by atoms with Gasteiger partial charge in [-0.25, -0.2) is 4.98 Å². The van der Waals surface area contributed by atoms with Crippen LogP contribution in [0.1, 0.15) is 33.5 Å². The molecule has 6 heteroatoms. The molecule has 110 valence electrons. The topological polar surface area (TPSA) is 87.7 Å². The number of aryl methyl sites for hydroxylation is 1. The number of benzene rings is 1. The van der Waals surface area contributed by atoms with Gasteiger partial charge in [-0.15, -0.1) is 0 Å². The van der Waals surface area contributed by atoms with Gasteiger partial charge in [-0.05, 0) is 38.1 Å². The van der Waals surface area contributed by atoms with Crippen LogP contribution in [0.25, 0.3) is 10.9 Å². The molecule has 2 aromatic heterocycles. The average Bonchev–Trinajstić information content (AvgIpc) is 2.93. The number of fused-ring (bicyclic) bond motifs is 1. The van der Waals surface area contributed by atoms with Crippen molar-refractivity contribution in [3.05, 3.63) is 53.5 Å². The summed E-state index contributed by atoms with van der Waals surface area (Å²) in [5.41, 5.74) is 2.69. The van der Waals surface area contributed by atoms with Crippen molar-refractivity contribution in [1.29, 1.82) is 0 Å². The van der Waals surface area contributed by atoms with Crippen LogP contribution in [0.3, 0.4) is 0 Å². The molecule has 0 atom stereocenters. The third-order valence-electron chi connectivity index (χ3n) is 3.33. The Balaban J connectivity index is 2.00. The van der Waals surface area contributed by atoms with Gasteiger partial charge in [0.05, 0.1) is 17.4 Å². The lowest BCUT2D eigenvalue weighted by molar-refractivity contribution is 0.101. The van der Waals surface area contributed by atoms with Crippen LogP contribution < -0.4 is 5.32 Å². The van der Waals surface area contributed by atoms with Crippen molar-refractivity contribution >= 4 is 28.3 Å². The fourth-order valence-electron chi connectivity index (χ4n) is 2.24. The van der Waals surface area contributed by atoms with Crippen LogP contribution in [0, 0.1) is 6.92 Å². The highest BCUT2D eigenvalue weighted by Gasteiger charge is 2.14. The number of amides is 1. The predicted molar refractivity (Wildman–Crippen MR) is 83.0 cm³/mol. The van der Waals surface area contributed by atoms with Crippen LogP contribution in [0.4, 0.5) is 5.69 Å². The minimum absolute atomic E-state index is 0.135. The monoisotopic (exact) mass is 294 g/mol. The van der Waals surface area contributed by atoms with E-state index in [0.717, 1.165) is 16.6 Å². The van der Waals surface area contributed by atoms with Gasteiger partial charge < -0.3 is 5.32 Å². The number of carbonyl (C=O) groups is 2. The number of nitrogens with zero attached hydrogens (tertiary/aromatic N) is 2. The molecule has 1 aromatic carbocycles. The van der Waals surface area contributed by atoms with E-state index in [1.807, 2.05) is 13.0 Å². The number of rotatable bonds is 3. The van der Waals surface area contributed by atoms with Gasteiger partial charge >= 0.3 is 0 Å². The SMILES string of the molecule is CC(=O)c1cc2[nH]ncc2cc1NC(=O)c1cccc(C)n1. The van der Waals surface area contributed by atoms with E-state index in [9.17, 15) is 9.59 Å². The van der Waals surface area contributed by atoms with Crippen LogP contribution in [0.5, 0.6) is 0 Å². The molecule has 1 amide bonds. The van der Waals surface area contributed by atoms with Gasteiger partial charge in [0.2, 0.25) is 0 Å². The Morgan fingerprint density at radius 1 is 1.23 bits per heavy atom. The van der Waals surface area contributed by atoms with Crippen molar-refractivity contribution < 1.29 is 9.59 Å². The molecule has 0 aliphatic carbocycles. The number of H-pyrrole nitrogens is 1. The molecule has 0 spiro atoms. The lowest BCUT2D eigenvalue weighted by Crippen LogP contribution is -2.16. The maximum atomic E-state index is 12.3. The number of nitrogens with one attached hydrogen (secondary N) is 2. The predicted octanol–water partition coefficient (Wildman–Crippen LogP) is 2.72. The molecule has 0 radical (unpaired) electrons. The Kier molecular flexibility index (Phi) is 3.42. The first kappa shape index (κ1) is 13.9. The second kappa shape index (κ2) is 5.40. The minimum atomic E-state index is -0.353. The van der Waals surface area contributed by atoms with Crippen molar-refractivity contribution in [2.75, 3.05) is 5.32 Å². The smallest absolute Gasteiger partial charge is 0.274 e. The number of aromatic amines is 1. The zero-order valence-corrected chi connectivity index (χ0v) is 12.2. The summed E-state index contributed by atoms with van der Waals surface area (Å²) in [6.07, 6.45) is 1.64. The lowest BCUT2D eigenvalue weighted by Gasteiger charge is -2.09. The average molecular weight is 294 g/mol. The number of ketones is 1. The molecule has 0 bridgehead atoms. The van der Waals surface area contributed by atoms with Crippen molar-refractivity contribution in [2.45, 2.75) is 13.8 Å². The van der Waals surface area contributed by atoms with Gasteiger partial charge in [0.15, 0.2) is 5.78 Å². The van der Waals surface area contributed by atoms with Crippen molar-refractivity contribution in [3.8, 4) is 0 Å². The summed E-state index contributed by atoms with van der Waals surface area (Å²) < 4.78 is 0. The lowest BCUT2D eigenvalue weighted by atomic mass is 10.1. The van der Waals surface area contributed by atoms with E-state index in [0.29, 0.717) is 16.9 Å². The molecular formula is C16H14N4O2. The van der Waals surface area contributed by atoms with Crippen molar-refractivity contribution in [3.63, 3.8) is 0 Å². The number of Topliss-reactive ketones (excluding diaryl/α,β-unsaturated/α-hetero) is 1. The van der Waals surface area contributed by atoms with Crippen LogP contribution in [0.2, 0.25) is 0 Å². The highest BCUT2D eigenvalue weighted by molar-refractivity contribution is 6.10. The van der Waals surface area contributed by atoms with E-state index in [1.54, 1.807) is 30.5 Å². The summed E-state index contributed by atoms with van der Waals surface area (Å²) in [5.74, 6) is -0.488. The maximum Gasteiger partial charge on any atom is 0.274 e. The molecule has 0 fully saturated rings. The number of pyridine rings is 1. The molecule has 22 heavy (non-hydrogen) atoms. The van der Waals surface area contributed by atoms with Gasteiger partial charge in [-0.2, -0.15) is 5.10 Å². The van der Waals surface area contributed by atoms with E-state index >= 15 is 0 Å². The highest BCUT2D eigenvalue weighted by Crippen LogP contribution is 2.23. The molecule has 2 heterocycles. The molecule has 6 nitrogen and oxygen atoms in total. The zero-order chi connectivity index (χ0) is 15.7. The molecule has 0 unspecified atom stereocenters. The number of hydrogen-bond donors (Lipinski definition) is 2. The number of carbonyl (C=O) groups excluding carboxylic acids is 2. The van der Waals surface area contributed by atoms with Gasteiger partial charge in [0, 0.05) is 16.6 Å². The minimum Gasteiger partial charge on any atom is -0.320 e. The van der Waals surface area contributed by atoms with E-state index in [-0.39, 0.29) is 11.7 Å². The first-order chi connectivity index (χ1) is 10.5. The maximum absolute atomic E-state index is 12.3. The fourth-order valence-corrected chi connectivity index (χ4v) is 2.24. The molecule has 0 aliphatic heterocycles. The Labute approximate surface area is 126 Å². The summed E-state index contributed by atoms with van der Waals surface area (Å²) >= 11 is 0. The molecule has 0 aliphatic rings. The third-order valence-corrected chi connectivity index (χ3v) is 3.33. The Bertz CT molecular complexity index is 883. The number of aromatic nitrogens is 3. The van der Waals surface area contributed by atoms with Gasteiger partial charge in [-0.1, -0.05) is 6.07 Å². The van der Waals surface area contributed by atoms with Crippen molar-refractivity contribution in [2.24, 2.45) is 0 Å². The quantitative estimate of drug-likeness (QED) is 0.727. The molecule has 3 aromatic rings. The van der Waals surface area contributed by atoms with Gasteiger partial charge in [0.25, 0.3) is 5.91 Å². The Hall–Kier alpha value is -3.02. The third kappa shape index (κ3) is 2.58. The van der Waals surface area contributed by atoms with E-state index in [1.165, 1.54) is 6.92 Å². The summed E-state index contributed by atoms with van der Waals surface area (Å²) in [6, 6.07) is 8.62. The standard InChI is InChI=1S/C16H14N4O2/c1-9-4-3-5-13(18-9)16(22)19-15-6-11-8-17-20-14(11)7-12(15)10(2)21/h3-8H,1-2H3,(H,17,20)(H,19,22). The summed E-state index contributed by atoms with van der Waals surface area (Å²) in [5, 5.41) is 10.3. The summed E-state index contributed by atoms with van der Waals surface area (Å²) in [7, 11) is 0. The summed E-state index contributed by atoms with van der Waals surface area (Å²) in [6.45, 7) is 3.27. The van der Waals surface area contributed by atoms with Crippen LogP contribution >= 0.6 is 0 Å². The number of hydrogen-bond acceptors (Lipinski definition) is 4. The molecule has 3 rings (SSSR count). The van der Waals surface area contributed by atoms with Crippen LogP contribution in [-0.4, -0.2) is 26.9 Å². The van der Waals surface area contributed by atoms with E-state index in [2.05, 4.69) is 20.5 Å². The first-order valence-electron chi connectivity index (χ1n) is 6.77. The molecule has 2 N–H and O–H groups in total. The second-order valence-electron chi connectivity index (χ2n) is 5.03. The fraction of sp³-hybridized carbons (Fsp3) is 0.125. The van der Waals surface area contributed by atoms with Crippen LogP contribution in [-0.2, 0) is 0 Å². The van der Waals surface area contributed by atoms with Gasteiger partial charge in [-0.3, -0.25) is 14.7 Å². The molecule has 0 saturated carbocycles. The Morgan fingerprint density at radius 3 is 2.77 bits per heavy atom. The highest BCUT2D eigenvalue weighted by atomic mass is 16.2. The van der Waals surface area contributed by atoms with Gasteiger partial charge in [0.1, 0.15) is 5.69 Å². The normalized spacial score (nSPS) is 10.6. The van der Waals surface area contributed by atoms with Crippen LogP contribution in [0.15, 0.2) is 36.5 Å². The molecular weight excluding hydrogens is 280 g/mol. The van der Waals surface area contributed by atoms with E-state index < -0.39 is 0 Å². The Morgan fingerprint density at radius 2 is 2.05 bits per heavy atom.